The SMILES string of the molecule is CC(O)CCN(C)C(=O)C1(N)C2CCCOC2C1(C)C. The van der Waals surface area contributed by atoms with Gasteiger partial charge in [0.15, 0.2) is 0 Å². The summed E-state index contributed by atoms with van der Waals surface area (Å²) in [7, 11) is 1.77. The number of rotatable bonds is 4. The van der Waals surface area contributed by atoms with E-state index >= 15 is 0 Å². The number of nitrogens with two attached hydrogens (primary N) is 1. The van der Waals surface area contributed by atoms with Crippen LogP contribution in [0.1, 0.15) is 40.0 Å². The Labute approximate surface area is 121 Å². The summed E-state index contributed by atoms with van der Waals surface area (Å²) in [5.41, 5.74) is 5.37. The molecule has 1 aliphatic carbocycles. The van der Waals surface area contributed by atoms with Gasteiger partial charge in [0.05, 0.1) is 12.2 Å². The van der Waals surface area contributed by atoms with Gasteiger partial charge in [-0.1, -0.05) is 13.8 Å². The molecular formula is C15H28N2O3. The number of nitrogens with zero attached hydrogens (tertiary/aromatic N) is 1. The van der Waals surface area contributed by atoms with Crippen LogP contribution >= 0.6 is 0 Å². The van der Waals surface area contributed by atoms with E-state index in [-0.39, 0.29) is 23.3 Å². The van der Waals surface area contributed by atoms with Gasteiger partial charge in [-0.3, -0.25) is 4.79 Å². The molecule has 1 saturated heterocycles. The zero-order valence-electron chi connectivity index (χ0n) is 13.1. The van der Waals surface area contributed by atoms with Crippen molar-refractivity contribution in [2.45, 2.75) is 57.8 Å². The average molecular weight is 284 g/mol. The molecule has 20 heavy (non-hydrogen) atoms. The molecular weight excluding hydrogens is 256 g/mol. The standard InChI is InChI=1S/C15H28N2O3/c1-10(18)7-8-17(4)13(19)15(16)11-6-5-9-20-12(11)14(15,2)3/h10-12,18H,5-9,16H2,1-4H3. The van der Waals surface area contributed by atoms with Gasteiger partial charge >= 0.3 is 0 Å². The second-order valence-electron chi connectivity index (χ2n) is 7.00. The molecule has 1 aliphatic heterocycles. The van der Waals surface area contributed by atoms with E-state index in [4.69, 9.17) is 10.5 Å². The molecule has 4 unspecified atom stereocenters. The zero-order chi connectivity index (χ0) is 15.1. The molecule has 4 atom stereocenters. The zero-order valence-corrected chi connectivity index (χ0v) is 13.1. The molecule has 116 valence electrons. The van der Waals surface area contributed by atoms with Gasteiger partial charge in [0, 0.05) is 31.5 Å². The topological polar surface area (TPSA) is 75.8 Å². The summed E-state index contributed by atoms with van der Waals surface area (Å²) in [6, 6.07) is 0. The van der Waals surface area contributed by atoms with E-state index in [1.165, 1.54) is 0 Å². The van der Waals surface area contributed by atoms with Gasteiger partial charge in [-0.05, 0) is 26.2 Å². The molecule has 0 aromatic rings. The molecule has 1 saturated carbocycles. The van der Waals surface area contributed by atoms with Crippen molar-refractivity contribution in [2.75, 3.05) is 20.2 Å². The van der Waals surface area contributed by atoms with Gasteiger partial charge in [0.25, 0.3) is 0 Å². The molecule has 3 N–H and O–H groups in total. The number of ether oxygens (including phenoxy) is 1. The van der Waals surface area contributed by atoms with E-state index in [2.05, 4.69) is 0 Å². The van der Waals surface area contributed by atoms with E-state index in [0.717, 1.165) is 19.4 Å². The van der Waals surface area contributed by atoms with E-state index in [1.54, 1.807) is 18.9 Å². The summed E-state index contributed by atoms with van der Waals surface area (Å²) < 4.78 is 5.82. The Kier molecular flexibility index (Phi) is 4.15. The minimum atomic E-state index is -0.842. The molecule has 2 fully saturated rings. The van der Waals surface area contributed by atoms with Crippen LogP contribution in [0.25, 0.3) is 0 Å². The number of carbonyl (C=O) groups is 1. The number of aliphatic hydroxyl groups excluding tert-OH is 1. The summed E-state index contributed by atoms with van der Waals surface area (Å²) in [6.07, 6.45) is 2.19. The number of aliphatic hydroxyl groups is 1. The van der Waals surface area contributed by atoms with Crippen molar-refractivity contribution in [3.63, 3.8) is 0 Å². The Morgan fingerprint density at radius 3 is 2.80 bits per heavy atom. The summed E-state index contributed by atoms with van der Waals surface area (Å²) in [6.45, 7) is 7.09. The second kappa shape index (κ2) is 5.28. The van der Waals surface area contributed by atoms with E-state index in [0.29, 0.717) is 13.0 Å². The Balaban J connectivity index is 2.11. The molecule has 1 amide bonds. The van der Waals surface area contributed by atoms with Crippen LogP contribution in [-0.2, 0) is 9.53 Å². The quantitative estimate of drug-likeness (QED) is 0.799. The fourth-order valence-electron chi connectivity index (χ4n) is 3.81. The van der Waals surface area contributed by atoms with Crippen molar-refractivity contribution in [3.8, 4) is 0 Å². The molecule has 5 nitrogen and oxygen atoms in total. The lowest BCUT2D eigenvalue weighted by Crippen LogP contribution is -2.82. The molecule has 0 aromatic heterocycles. The van der Waals surface area contributed by atoms with Crippen LogP contribution in [0.5, 0.6) is 0 Å². The second-order valence-corrected chi connectivity index (χ2v) is 7.00. The predicted octanol–water partition coefficient (Wildman–Crippen LogP) is 0.748. The lowest BCUT2D eigenvalue weighted by molar-refractivity contribution is -0.229. The number of carbonyl (C=O) groups excluding carboxylic acids is 1. The van der Waals surface area contributed by atoms with Crippen LogP contribution in [0.15, 0.2) is 0 Å². The van der Waals surface area contributed by atoms with Gasteiger partial charge in [-0.2, -0.15) is 0 Å². The van der Waals surface area contributed by atoms with Crippen molar-refractivity contribution in [1.29, 1.82) is 0 Å². The Morgan fingerprint density at radius 1 is 1.55 bits per heavy atom. The van der Waals surface area contributed by atoms with Crippen LogP contribution < -0.4 is 5.73 Å². The van der Waals surface area contributed by atoms with Crippen molar-refractivity contribution in [2.24, 2.45) is 17.1 Å². The first-order valence-electron chi connectivity index (χ1n) is 7.57. The number of fused-ring (bicyclic) bond motifs is 1. The molecule has 0 spiro atoms. The number of amides is 1. The van der Waals surface area contributed by atoms with Gasteiger partial charge in [-0.25, -0.2) is 0 Å². The van der Waals surface area contributed by atoms with Crippen LogP contribution in [-0.4, -0.2) is 53.9 Å². The first-order valence-corrected chi connectivity index (χ1v) is 7.57. The number of likely N-dealkylation sites (N-methyl/N-ethyl adjacent to an activating group) is 1. The maximum absolute atomic E-state index is 12.8. The fraction of sp³-hybridized carbons (Fsp3) is 0.933. The Bertz CT molecular complexity index is 383. The first-order chi connectivity index (χ1) is 9.23. The summed E-state index contributed by atoms with van der Waals surface area (Å²) in [5.74, 6) is 0.0997. The molecule has 2 aliphatic rings. The van der Waals surface area contributed by atoms with Gasteiger partial charge in [0.1, 0.15) is 5.54 Å². The average Bonchev–Trinajstić information content (AvgIpc) is 2.42. The number of hydrogen-bond donors (Lipinski definition) is 2. The van der Waals surface area contributed by atoms with Gasteiger partial charge in [-0.15, -0.1) is 0 Å². The van der Waals surface area contributed by atoms with Gasteiger partial charge in [0.2, 0.25) is 5.91 Å². The third kappa shape index (κ3) is 2.16. The maximum Gasteiger partial charge on any atom is 0.243 e. The molecule has 1 heterocycles. The lowest BCUT2D eigenvalue weighted by atomic mass is 9.46. The molecule has 5 heteroatoms. The van der Waals surface area contributed by atoms with Crippen molar-refractivity contribution in [1.82, 2.24) is 4.90 Å². The van der Waals surface area contributed by atoms with Crippen LogP contribution in [0.3, 0.4) is 0 Å². The van der Waals surface area contributed by atoms with E-state index in [1.807, 2.05) is 13.8 Å². The molecule has 0 radical (unpaired) electrons. The highest BCUT2D eigenvalue weighted by Gasteiger charge is 2.70. The molecule has 2 rings (SSSR count). The maximum atomic E-state index is 12.8. The van der Waals surface area contributed by atoms with Crippen LogP contribution in [0, 0.1) is 11.3 Å². The normalized spacial score (nSPS) is 36.7. The van der Waals surface area contributed by atoms with Crippen LogP contribution in [0.4, 0.5) is 0 Å². The highest BCUT2D eigenvalue weighted by Crippen LogP contribution is 2.57. The third-order valence-electron chi connectivity index (χ3n) is 5.27. The third-order valence-corrected chi connectivity index (χ3v) is 5.27. The van der Waals surface area contributed by atoms with Crippen molar-refractivity contribution in [3.05, 3.63) is 0 Å². The van der Waals surface area contributed by atoms with E-state index in [9.17, 15) is 9.90 Å². The van der Waals surface area contributed by atoms with Gasteiger partial charge < -0.3 is 20.5 Å². The Hall–Kier alpha value is -0.650. The van der Waals surface area contributed by atoms with Crippen molar-refractivity contribution >= 4 is 5.91 Å². The highest BCUT2D eigenvalue weighted by atomic mass is 16.5. The van der Waals surface area contributed by atoms with Crippen molar-refractivity contribution < 1.29 is 14.6 Å². The fourth-order valence-corrected chi connectivity index (χ4v) is 3.81. The monoisotopic (exact) mass is 284 g/mol. The highest BCUT2D eigenvalue weighted by molar-refractivity contribution is 5.89. The largest absolute Gasteiger partial charge is 0.393 e. The lowest BCUT2D eigenvalue weighted by Gasteiger charge is -2.65. The minimum absolute atomic E-state index is 0.0186. The number of hydrogen-bond acceptors (Lipinski definition) is 4. The first kappa shape index (κ1) is 15.7. The molecule has 0 bridgehead atoms. The van der Waals surface area contributed by atoms with E-state index < -0.39 is 11.6 Å². The molecule has 0 aromatic carbocycles. The minimum Gasteiger partial charge on any atom is -0.393 e. The summed E-state index contributed by atoms with van der Waals surface area (Å²) in [4.78, 5) is 14.5. The predicted molar refractivity (Wildman–Crippen MR) is 77.1 cm³/mol. The summed E-state index contributed by atoms with van der Waals surface area (Å²) in [5, 5.41) is 9.36. The Morgan fingerprint density at radius 2 is 2.20 bits per heavy atom. The smallest absolute Gasteiger partial charge is 0.243 e. The summed E-state index contributed by atoms with van der Waals surface area (Å²) >= 11 is 0. The van der Waals surface area contributed by atoms with Crippen LogP contribution in [0.2, 0.25) is 0 Å².